The first-order valence-electron chi connectivity index (χ1n) is 7.03. The smallest absolute Gasteiger partial charge is 0.126 e. The summed E-state index contributed by atoms with van der Waals surface area (Å²) in [6, 6.07) is 5.77. The summed E-state index contributed by atoms with van der Waals surface area (Å²) in [6.07, 6.45) is 1.73. The van der Waals surface area contributed by atoms with Gasteiger partial charge in [0.2, 0.25) is 0 Å². The topological polar surface area (TPSA) is 99.8 Å². The van der Waals surface area contributed by atoms with Gasteiger partial charge in [0.25, 0.3) is 0 Å². The molecular formula is C15H19N5OS. The van der Waals surface area contributed by atoms with Crippen LogP contribution >= 0.6 is 11.3 Å². The highest BCUT2D eigenvalue weighted by Gasteiger charge is 2.18. The maximum atomic E-state index is 9.38. The molecule has 0 amide bonds. The number of rotatable bonds is 5. The minimum Gasteiger partial charge on any atom is -0.396 e. The summed E-state index contributed by atoms with van der Waals surface area (Å²) in [5.74, 6) is 0.478. The lowest BCUT2D eigenvalue weighted by Gasteiger charge is -2.22. The number of nitrogen functional groups attached to an aromatic ring is 1. The lowest BCUT2D eigenvalue weighted by atomic mass is 9.95. The van der Waals surface area contributed by atoms with E-state index in [9.17, 15) is 5.11 Å². The fourth-order valence-corrected chi connectivity index (χ4v) is 3.15. The zero-order chi connectivity index (χ0) is 15.7. The van der Waals surface area contributed by atoms with E-state index in [1.807, 2.05) is 32.0 Å². The lowest BCUT2D eigenvalue weighted by molar-refractivity contribution is 0.171. The second-order valence-corrected chi connectivity index (χ2v) is 7.12. The van der Waals surface area contributed by atoms with Crippen molar-refractivity contribution >= 4 is 33.1 Å². The fourth-order valence-electron chi connectivity index (χ4n) is 2.09. The molecule has 0 fully saturated rings. The van der Waals surface area contributed by atoms with Crippen LogP contribution in [0.2, 0.25) is 0 Å². The van der Waals surface area contributed by atoms with Crippen LogP contribution in [0.5, 0.6) is 0 Å². The average molecular weight is 317 g/mol. The standard InChI is InChI=1S/C15H19N5OS/c1-15(2,8-21)7-17-10-6-13(16)19-11-5-12(22-14(10)11)9-3-4-18-20-9/h3-6,21H,7-8H2,1-2H3,(H,18,20)(H3,16,17,19). The highest BCUT2D eigenvalue weighted by molar-refractivity contribution is 7.22. The molecule has 0 unspecified atom stereocenters. The zero-order valence-corrected chi connectivity index (χ0v) is 13.4. The average Bonchev–Trinajstić information content (AvgIpc) is 3.13. The molecule has 0 spiro atoms. The summed E-state index contributed by atoms with van der Waals surface area (Å²) < 4.78 is 1.05. The summed E-state index contributed by atoms with van der Waals surface area (Å²) in [6.45, 7) is 4.78. The fraction of sp³-hybridized carbons (Fsp3) is 0.333. The highest BCUT2D eigenvalue weighted by Crippen LogP contribution is 2.37. The number of aliphatic hydroxyl groups is 1. The van der Waals surface area contributed by atoms with Crippen molar-refractivity contribution in [2.45, 2.75) is 13.8 Å². The number of hydrogen-bond donors (Lipinski definition) is 4. The third-order valence-corrected chi connectivity index (χ3v) is 4.64. The third-order valence-electron chi connectivity index (χ3n) is 3.45. The number of H-pyrrole nitrogens is 1. The second kappa shape index (κ2) is 5.58. The quantitative estimate of drug-likeness (QED) is 0.580. The van der Waals surface area contributed by atoms with Crippen LogP contribution < -0.4 is 11.1 Å². The van der Waals surface area contributed by atoms with E-state index in [-0.39, 0.29) is 12.0 Å². The van der Waals surface area contributed by atoms with Crippen LogP contribution in [-0.2, 0) is 0 Å². The molecule has 0 aliphatic carbocycles. The summed E-state index contributed by atoms with van der Waals surface area (Å²) in [5.41, 5.74) is 8.47. The number of nitrogens with zero attached hydrogens (tertiary/aromatic N) is 2. The van der Waals surface area contributed by atoms with Gasteiger partial charge in [-0.2, -0.15) is 5.10 Å². The van der Waals surface area contributed by atoms with Gasteiger partial charge in [0, 0.05) is 30.8 Å². The number of hydrogen-bond acceptors (Lipinski definition) is 6. The van der Waals surface area contributed by atoms with Crippen LogP contribution in [0, 0.1) is 5.41 Å². The lowest BCUT2D eigenvalue weighted by Crippen LogP contribution is -2.26. The van der Waals surface area contributed by atoms with Gasteiger partial charge in [-0.15, -0.1) is 11.3 Å². The van der Waals surface area contributed by atoms with Crippen molar-refractivity contribution in [1.29, 1.82) is 0 Å². The van der Waals surface area contributed by atoms with Crippen LogP contribution in [-0.4, -0.2) is 33.4 Å². The molecule has 0 aliphatic rings. The maximum Gasteiger partial charge on any atom is 0.126 e. The summed E-state index contributed by atoms with van der Waals surface area (Å²) in [4.78, 5) is 5.46. The Hall–Kier alpha value is -2.12. The van der Waals surface area contributed by atoms with Crippen LogP contribution in [0.1, 0.15) is 13.8 Å². The first kappa shape index (κ1) is 14.8. The minimum absolute atomic E-state index is 0.119. The van der Waals surface area contributed by atoms with Crippen LogP contribution in [0.3, 0.4) is 0 Å². The van der Waals surface area contributed by atoms with Gasteiger partial charge >= 0.3 is 0 Å². The normalized spacial score (nSPS) is 12.0. The number of aromatic amines is 1. The molecule has 3 heterocycles. The Kier molecular flexibility index (Phi) is 3.76. The first-order valence-corrected chi connectivity index (χ1v) is 7.85. The van der Waals surface area contributed by atoms with Gasteiger partial charge in [-0.3, -0.25) is 5.10 Å². The van der Waals surface area contributed by atoms with Crippen LogP contribution in [0.15, 0.2) is 24.4 Å². The molecule has 0 atom stereocenters. The van der Waals surface area contributed by atoms with E-state index in [4.69, 9.17) is 5.73 Å². The number of nitrogens with one attached hydrogen (secondary N) is 2. The largest absolute Gasteiger partial charge is 0.396 e. The Labute approximate surface area is 132 Å². The molecule has 0 aliphatic heterocycles. The van der Waals surface area contributed by atoms with Gasteiger partial charge in [-0.05, 0) is 12.1 Å². The monoisotopic (exact) mass is 317 g/mol. The van der Waals surface area contributed by atoms with E-state index < -0.39 is 0 Å². The Morgan fingerprint density at radius 2 is 2.23 bits per heavy atom. The van der Waals surface area contributed by atoms with Gasteiger partial charge in [0.05, 0.1) is 26.5 Å². The van der Waals surface area contributed by atoms with Crippen molar-refractivity contribution in [2.75, 3.05) is 24.2 Å². The van der Waals surface area contributed by atoms with Gasteiger partial charge in [0.1, 0.15) is 5.82 Å². The van der Waals surface area contributed by atoms with Crippen molar-refractivity contribution in [2.24, 2.45) is 5.41 Å². The number of fused-ring (bicyclic) bond motifs is 1. The molecule has 0 saturated carbocycles. The number of thiophene rings is 1. The predicted octanol–water partition coefficient (Wildman–Crippen LogP) is 2.70. The summed E-state index contributed by atoms with van der Waals surface area (Å²) >= 11 is 1.63. The van der Waals surface area contributed by atoms with E-state index >= 15 is 0 Å². The third kappa shape index (κ3) is 2.90. The zero-order valence-electron chi connectivity index (χ0n) is 12.6. The summed E-state index contributed by atoms with van der Waals surface area (Å²) in [7, 11) is 0. The van der Waals surface area contributed by atoms with Gasteiger partial charge in [0.15, 0.2) is 0 Å². The molecule has 3 aromatic heterocycles. The van der Waals surface area contributed by atoms with Crippen molar-refractivity contribution in [3.05, 3.63) is 24.4 Å². The molecule has 116 valence electrons. The van der Waals surface area contributed by atoms with E-state index in [1.54, 1.807) is 17.5 Å². The van der Waals surface area contributed by atoms with E-state index in [0.717, 1.165) is 26.5 Å². The highest BCUT2D eigenvalue weighted by atomic mass is 32.1. The van der Waals surface area contributed by atoms with Crippen molar-refractivity contribution < 1.29 is 5.11 Å². The van der Waals surface area contributed by atoms with Gasteiger partial charge < -0.3 is 16.2 Å². The molecule has 0 radical (unpaired) electrons. The van der Waals surface area contributed by atoms with Crippen molar-refractivity contribution in [3.8, 4) is 10.6 Å². The predicted molar refractivity (Wildman–Crippen MR) is 91.0 cm³/mol. The molecule has 0 bridgehead atoms. The van der Waals surface area contributed by atoms with Crippen molar-refractivity contribution in [3.63, 3.8) is 0 Å². The number of aromatic nitrogens is 3. The Morgan fingerprint density at radius 3 is 2.91 bits per heavy atom. The Morgan fingerprint density at radius 1 is 1.41 bits per heavy atom. The Bertz CT molecular complexity index is 779. The number of anilines is 2. The van der Waals surface area contributed by atoms with Gasteiger partial charge in [-0.25, -0.2) is 4.98 Å². The molecular weight excluding hydrogens is 298 g/mol. The molecule has 6 nitrogen and oxygen atoms in total. The van der Waals surface area contributed by atoms with E-state index in [0.29, 0.717) is 12.4 Å². The van der Waals surface area contributed by atoms with Crippen LogP contribution in [0.4, 0.5) is 11.5 Å². The number of aliphatic hydroxyl groups excluding tert-OH is 1. The van der Waals surface area contributed by atoms with E-state index in [1.165, 1.54) is 0 Å². The molecule has 3 aromatic rings. The Balaban J connectivity index is 1.99. The van der Waals surface area contributed by atoms with E-state index in [2.05, 4.69) is 20.5 Å². The second-order valence-electron chi connectivity index (χ2n) is 6.07. The number of nitrogens with two attached hydrogens (primary N) is 1. The molecule has 0 aromatic carbocycles. The molecule has 22 heavy (non-hydrogen) atoms. The maximum absolute atomic E-state index is 9.38. The van der Waals surface area contributed by atoms with Gasteiger partial charge in [-0.1, -0.05) is 13.8 Å². The molecule has 0 saturated heterocycles. The molecule has 5 N–H and O–H groups in total. The first-order chi connectivity index (χ1) is 10.5. The van der Waals surface area contributed by atoms with Crippen LogP contribution in [0.25, 0.3) is 20.8 Å². The minimum atomic E-state index is -0.201. The number of pyridine rings is 1. The molecule has 7 heteroatoms. The van der Waals surface area contributed by atoms with Crippen molar-refractivity contribution in [1.82, 2.24) is 15.2 Å². The molecule has 3 rings (SSSR count). The summed E-state index contributed by atoms with van der Waals surface area (Å²) in [5, 5.41) is 19.7. The SMILES string of the molecule is CC(C)(CO)CNc1cc(N)nc2cc(-c3ccn[nH]3)sc12.